The maximum absolute atomic E-state index is 13.3. The molecule has 0 bridgehead atoms. The van der Waals surface area contributed by atoms with Crippen LogP contribution < -0.4 is 0 Å². The molecule has 1 aromatic heterocycles. The molecule has 0 aromatic carbocycles. The molecular formula is C20H33N3O. The summed E-state index contributed by atoms with van der Waals surface area (Å²) in [6.07, 6.45) is 8.86. The summed E-state index contributed by atoms with van der Waals surface area (Å²) in [6.45, 7) is 12.2. The zero-order valence-corrected chi connectivity index (χ0v) is 16.0. The van der Waals surface area contributed by atoms with Gasteiger partial charge >= 0.3 is 0 Å². The number of likely N-dealkylation sites (tertiary alicyclic amines) is 1. The molecule has 4 heteroatoms. The molecule has 0 spiro atoms. The van der Waals surface area contributed by atoms with Crippen molar-refractivity contribution in [1.29, 1.82) is 0 Å². The molecule has 2 heterocycles. The number of aromatic nitrogens is 2. The SMILES string of the molecule is CC(C)(C)CC1CCN(C(=O)c2ccnn2C2CCCC2)C1(C)C. The summed E-state index contributed by atoms with van der Waals surface area (Å²) in [5.74, 6) is 0.727. The van der Waals surface area contributed by atoms with Crippen LogP contribution in [0.15, 0.2) is 12.3 Å². The summed E-state index contributed by atoms with van der Waals surface area (Å²) in [6, 6.07) is 2.32. The number of rotatable bonds is 3. The molecule has 1 aliphatic heterocycles. The van der Waals surface area contributed by atoms with Crippen LogP contribution >= 0.6 is 0 Å². The minimum absolute atomic E-state index is 0.0882. The van der Waals surface area contributed by atoms with Crippen LogP contribution in [0.3, 0.4) is 0 Å². The van der Waals surface area contributed by atoms with E-state index in [1.54, 1.807) is 6.20 Å². The number of nitrogens with zero attached hydrogens (tertiary/aromatic N) is 3. The van der Waals surface area contributed by atoms with E-state index in [4.69, 9.17) is 0 Å². The summed E-state index contributed by atoms with van der Waals surface area (Å²) in [5, 5.41) is 4.49. The fourth-order valence-corrected chi connectivity index (χ4v) is 4.66. The highest BCUT2D eigenvalue weighted by Crippen LogP contribution is 2.42. The molecule has 1 saturated heterocycles. The van der Waals surface area contributed by atoms with E-state index in [0.29, 0.717) is 17.4 Å². The van der Waals surface area contributed by atoms with E-state index in [0.717, 1.165) is 37.9 Å². The molecule has 1 atom stereocenters. The van der Waals surface area contributed by atoms with Gasteiger partial charge < -0.3 is 4.90 Å². The lowest BCUT2D eigenvalue weighted by atomic mass is 9.76. The van der Waals surface area contributed by atoms with Crippen molar-refractivity contribution in [2.75, 3.05) is 6.54 Å². The molecule has 1 aromatic rings. The van der Waals surface area contributed by atoms with Crippen LogP contribution in [0.25, 0.3) is 0 Å². The first-order valence-electron chi connectivity index (χ1n) is 9.55. The number of carbonyl (C=O) groups excluding carboxylic acids is 1. The maximum atomic E-state index is 13.3. The van der Waals surface area contributed by atoms with E-state index >= 15 is 0 Å². The predicted molar refractivity (Wildman–Crippen MR) is 97.0 cm³/mol. The quantitative estimate of drug-likeness (QED) is 0.807. The molecule has 2 fully saturated rings. The third-order valence-electron chi connectivity index (χ3n) is 6.06. The second-order valence-electron chi connectivity index (χ2n) is 9.46. The molecule has 1 amide bonds. The van der Waals surface area contributed by atoms with Crippen LogP contribution in [0.4, 0.5) is 0 Å². The van der Waals surface area contributed by atoms with Gasteiger partial charge in [0.15, 0.2) is 0 Å². The maximum Gasteiger partial charge on any atom is 0.272 e. The highest BCUT2D eigenvalue weighted by Gasteiger charge is 2.45. The van der Waals surface area contributed by atoms with Crippen molar-refractivity contribution < 1.29 is 4.79 Å². The lowest BCUT2D eigenvalue weighted by Gasteiger charge is -2.38. The van der Waals surface area contributed by atoms with Crippen molar-refractivity contribution in [2.24, 2.45) is 11.3 Å². The fraction of sp³-hybridized carbons (Fsp3) is 0.800. The first-order valence-corrected chi connectivity index (χ1v) is 9.55. The Labute approximate surface area is 146 Å². The van der Waals surface area contributed by atoms with Gasteiger partial charge in [-0.25, -0.2) is 0 Å². The van der Waals surface area contributed by atoms with Crippen LogP contribution in [0, 0.1) is 11.3 Å². The molecular weight excluding hydrogens is 298 g/mol. The summed E-state index contributed by atoms with van der Waals surface area (Å²) in [5.41, 5.74) is 0.994. The van der Waals surface area contributed by atoms with Gasteiger partial charge in [-0.15, -0.1) is 0 Å². The summed E-state index contributed by atoms with van der Waals surface area (Å²) < 4.78 is 2.00. The van der Waals surface area contributed by atoms with E-state index in [2.05, 4.69) is 44.6 Å². The van der Waals surface area contributed by atoms with Gasteiger partial charge in [-0.1, -0.05) is 33.6 Å². The molecule has 0 N–H and O–H groups in total. The Morgan fingerprint density at radius 3 is 2.54 bits per heavy atom. The average molecular weight is 332 g/mol. The minimum atomic E-state index is -0.0882. The molecule has 4 nitrogen and oxygen atoms in total. The molecule has 1 unspecified atom stereocenters. The zero-order valence-electron chi connectivity index (χ0n) is 16.0. The summed E-state index contributed by atoms with van der Waals surface area (Å²) in [4.78, 5) is 15.4. The van der Waals surface area contributed by atoms with Gasteiger partial charge in [0.25, 0.3) is 5.91 Å². The van der Waals surface area contributed by atoms with Crippen LogP contribution in [0.5, 0.6) is 0 Å². The molecule has 24 heavy (non-hydrogen) atoms. The highest BCUT2D eigenvalue weighted by atomic mass is 16.2. The summed E-state index contributed by atoms with van der Waals surface area (Å²) in [7, 11) is 0. The van der Waals surface area contributed by atoms with Gasteiger partial charge in [-0.05, 0) is 56.9 Å². The van der Waals surface area contributed by atoms with Crippen molar-refractivity contribution >= 4 is 5.91 Å². The Balaban J connectivity index is 1.80. The van der Waals surface area contributed by atoms with Crippen molar-refractivity contribution in [1.82, 2.24) is 14.7 Å². The van der Waals surface area contributed by atoms with Crippen molar-refractivity contribution in [3.05, 3.63) is 18.0 Å². The second kappa shape index (κ2) is 6.20. The lowest BCUT2D eigenvalue weighted by molar-refractivity contribution is 0.0555. The molecule has 3 rings (SSSR count). The van der Waals surface area contributed by atoms with Gasteiger partial charge in [-0.3, -0.25) is 9.48 Å². The fourth-order valence-electron chi connectivity index (χ4n) is 4.66. The topological polar surface area (TPSA) is 38.1 Å². The van der Waals surface area contributed by atoms with Gasteiger partial charge in [0.05, 0.1) is 6.04 Å². The number of hydrogen-bond acceptors (Lipinski definition) is 2. The van der Waals surface area contributed by atoms with Crippen LogP contribution in [-0.4, -0.2) is 32.7 Å². The van der Waals surface area contributed by atoms with Crippen LogP contribution in [0.1, 0.15) is 89.7 Å². The largest absolute Gasteiger partial charge is 0.332 e. The van der Waals surface area contributed by atoms with E-state index < -0.39 is 0 Å². The number of hydrogen-bond donors (Lipinski definition) is 0. The average Bonchev–Trinajstić information content (AvgIpc) is 3.18. The third-order valence-corrected chi connectivity index (χ3v) is 6.06. The van der Waals surface area contributed by atoms with Crippen molar-refractivity contribution in [3.63, 3.8) is 0 Å². The van der Waals surface area contributed by atoms with E-state index in [1.807, 2.05) is 10.7 Å². The molecule has 134 valence electrons. The van der Waals surface area contributed by atoms with Crippen molar-refractivity contribution in [2.45, 2.75) is 84.7 Å². The van der Waals surface area contributed by atoms with E-state index in [-0.39, 0.29) is 11.4 Å². The van der Waals surface area contributed by atoms with Crippen LogP contribution in [-0.2, 0) is 0 Å². The van der Waals surface area contributed by atoms with Gasteiger partial charge in [0, 0.05) is 18.3 Å². The predicted octanol–water partition coefficient (Wildman–Crippen LogP) is 4.68. The first kappa shape index (κ1) is 17.5. The summed E-state index contributed by atoms with van der Waals surface area (Å²) >= 11 is 0. The van der Waals surface area contributed by atoms with Gasteiger partial charge in [0.2, 0.25) is 0 Å². The Hall–Kier alpha value is -1.32. The van der Waals surface area contributed by atoms with Gasteiger partial charge in [0.1, 0.15) is 5.69 Å². The standard InChI is InChI=1S/C20H33N3O/c1-19(2,3)14-15-11-13-22(20(15,4)5)18(24)17-10-12-21-23(17)16-8-6-7-9-16/h10,12,15-16H,6-9,11,13-14H2,1-5H3. The Kier molecular flexibility index (Phi) is 4.52. The molecule has 1 aliphatic carbocycles. The lowest BCUT2D eigenvalue weighted by Crippen LogP contribution is -2.47. The smallest absolute Gasteiger partial charge is 0.272 e. The first-order chi connectivity index (χ1) is 11.2. The highest BCUT2D eigenvalue weighted by molar-refractivity contribution is 5.93. The molecule has 2 aliphatic rings. The molecule has 0 radical (unpaired) electrons. The normalized spacial score (nSPS) is 24.7. The second-order valence-corrected chi connectivity index (χ2v) is 9.46. The Bertz CT molecular complexity index is 590. The van der Waals surface area contributed by atoms with Crippen LogP contribution in [0.2, 0.25) is 0 Å². The Morgan fingerprint density at radius 1 is 1.25 bits per heavy atom. The van der Waals surface area contributed by atoms with Crippen molar-refractivity contribution in [3.8, 4) is 0 Å². The zero-order chi connectivity index (χ0) is 17.5. The molecule has 1 saturated carbocycles. The third kappa shape index (κ3) is 3.25. The monoisotopic (exact) mass is 331 g/mol. The van der Waals surface area contributed by atoms with E-state index in [1.165, 1.54) is 12.8 Å². The Morgan fingerprint density at radius 2 is 1.92 bits per heavy atom. The minimum Gasteiger partial charge on any atom is -0.332 e. The number of carbonyl (C=O) groups is 1. The number of amides is 1. The van der Waals surface area contributed by atoms with Gasteiger partial charge in [-0.2, -0.15) is 5.10 Å². The van der Waals surface area contributed by atoms with E-state index in [9.17, 15) is 4.79 Å².